The van der Waals surface area contributed by atoms with E-state index in [0.717, 1.165) is 20.1 Å². The van der Waals surface area contributed by atoms with E-state index in [1.54, 1.807) is 0 Å². The monoisotopic (exact) mass is 283 g/mol. The molecular formula is C11H10F5NO2. The van der Waals surface area contributed by atoms with Crippen LogP contribution in [0.5, 0.6) is 0 Å². The number of nitrogens with zero attached hydrogens (tertiary/aromatic N) is 1. The number of methoxy groups -OCH3 is 1. The van der Waals surface area contributed by atoms with Crippen LogP contribution in [0, 0.1) is 6.92 Å². The van der Waals surface area contributed by atoms with Gasteiger partial charge >= 0.3 is 12.1 Å². The zero-order valence-corrected chi connectivity index (χ0v) is 10.0. The van der Waals surface area contributed by atoms with Gasteiger partial charge in [0, 0.05) is 0 Å². The zero-order valence-electron chi connectivity index (χ0n) is 10.0. The fourth-order valence-corrected chi connectivity index (χ4v) is 1.53. The minimum Gasteiger partial charge on any atom is -0.469 e. The molecule has 0 atom stereocenters. The van der Waals surface area contributed by atoms with Crippen molar-refractivity contribution in [1.82, 2.24) is 4.98 Å². The second kappa shape index (κ2) is 5.50. The number of ether oxygens (including phenoxy) is 1. The van der Waals surface area contributed by atoms with E-state index in [2.05, 4.69) is 9.72 Å². The first-order chi connectivity index (χ1) is 8.66. The van der Waals surface area contributed by atoms with Gasteiger partial charge in [-0.2, -0.15) is 13.2 Å². The Morgan fingerprint density at radius 3 is 2.42 bits per heavy atom. The van der Waals surface area contributed by atoms with Crippen molar-refractivity contribution in [2.75, 3.05) is 7.11 Å². The van der Waals surface area contributed by atoms with Gasteiger partial charge in [0.1, 0.15) is 11.4 Å². The first-order valence-corrected chi connectivity index (χ1v) is 5.09. The number of pyridine rings is 1. The van der Waals surface area contributed by atoms with E-state index >= 15 is 0 Å². The second-order valence-corrected chi connectivity index (χ2v) is 3.75. The fraction of sp³-hybridized carbons (Fsp3) is 0.455. The lowest BCUT2D eigenvalue weighted by Gasteiger charge is -2.14. The van der Waals surface area contributed by atoms with E-state index in [-0.39, 0.29) is 11.1 Å². The maximum atomic E-state index is 12.7. The Bertz CT molecular complexity index is 485. The summed E-state index contributed by atoms with van der Waals surface area (Å²) in [6, 6.07) is 0.883. The lowest BCUT2D eigenvalue weighted by molar-refractivity contribution is -0.142. The van der Waals surface area contributed by atoms with Crippen LogP contribution in [0.4, 0.5) is 22.0 Å². The number of rotatable bonds is 3. The standard InChI is InChI=1S/C11H10F5NO2/c1-5-3-6(4-7(18)19-2)8(10(12)13)17-9(5)11(14,15)16/h3,10H,4H2,1-2H3. The molecule has 19 heavy (non-hydrogen) atoms. The van der Waals surface area contributed by atoms with E-state index in [4.69, 9.17) is 0 Å². The third kappa shape index (κ3) is 3.62. The summed E-state index contributed by atoms with van der Waals surface area (Å²) in [5.41, 5.74) is -3.03. The summed E-state index contributed by atoms with van der Waals surface area (Å²) in [4.78, 5) is 14.0. The van der Waals surface area contributed by atoms with Crippen molar-refractivity contribution >= 4 is 5.97 Å². The molecule has 0 N–H and O–H groups in total. The highest BCUT2D eigenvalue weighted by atomic mass is 19.4. The number of carbonyl (C=O) groups is 1. The number of aromatic nitrogens is 1. The van der Waals surface area contributed by atoms with E-state index in [1.807, 2.05) is 0 Å². The molecule has 0 unspecified atom stereocenters. The van der Waals surface area contributed by atoms with Crippen LogP contribution in [0.25, 0.3) is 0 Å². The van der Waals surface area contributed by atoms with Crippen LogP contribution in [0.3, 0.4) is 0 Å². The fourth-order valence-electron chi connectivity index (χ4n) is 1.53. The van der Waals surface area contributed by atoms with E-state index in [0.29, 0.717) is 0 Å². The average Bonchev–Trinajstić information content (AvgIpc) is 2.26. The van der Waals surface area contributed by atoms with E-state index in [9.17, 15) is 26.7 Å². The Hall–Kier alpha value is -1.73. The molecule has 1 aromatic heterocycles. The number of hydrogen-bond donors (Lipinski definition) is 0. The molecule has 8 heteroatoms. The molecule has 0 radical (unpaired) electrons. The van der Waals surface area contributed by atoms with Crippen LogP contribution < -0.4 is 0 Å². The van der Waals surface area contributed by atoms with Gasteiger partial charge in [-0.05, 0) is 18.1 Å². The van der Waals surface area contributed by atoms with Gasteiger partial charge in [-0.1, -0.05) is 6.07 Å². The topological polar surface area (TPSA) is 39.2 Å². The van der Waals surface area contributed by atoms with Crippen LogP contribution in [-0.2, 0) is 22.1 Å². The first-order valence-electron chi connectivity index (χ1n) is 5.09. The van der Waals surface area contributed by atoms with Gasteiger partial charge in [-0.3, -0.25) is 4.79 Å². The van der Waals surface area contributed by atoms with Gasteiger partial charge in [-0.15, -0.1) is 0 Å². The number of carbonyl (C=O) groups excluding carboxylic acids is 1. The Morgan fingerprint density at radius 1 is 1.42 bits per heavy atom. The molecule has 0 amide bonds. The Morgan fingerprint density at radius 2 is 2.00 bits per heavy atom. The molecule has 1 heterocycles. The molecule has 1 aromatic rings. The summed E-state index contributed by atoms with van der Waals surface area (Å²) in [7, 11) is 1.05. The molecule has 106 valence electrons. The van der Waals surface area contributed by atoms with Gasteiger partial charge in [0.15, 0.2) is 0 Å². The van der Waals surface area contributed by atoms with Crippen molar-refractivity contribution in [1.29, 1.82) is 0 Å². The normalized spacial score (nSPS) is 11.8. The van der Waals surface area contributed by atoms with Gasteiger partial charge < -0.3 is 4.74 Å². The van der Waals surface area contributed by atoms with Crippen molar-refractivity contribution < 1.29 is 31.5 Å². The minimum atomic E-state index is -4.82. The zero-order chi connectivity index (χ0) is 14.8. The van der Waals surface area contributed by atoms with Crippen LogP contribution in [0.15, 0.2) is 6.07 Å². The third-order valence-electron chi connectivity index (χ3n) is 2.36. The summed E-state index contributed by atoms with van der Waals surface area (Å²) in [5.74, 6) is -0.831. The predicted octanol–water partition coefficient (Wildman–Crippen LogP) is 3.06. The quantitative estimate of drug-likeness (QED) is 0.632. The number of esters is 1. The molecule has 1 rings (SSSR count). The lowest BCUT2D eigenvalue weighted by atomic mass is 10.1. The maximum Gasteiger partial charge on any atom is 0.433 e. The van der Waals surface area contributed by atoms with Crippen LogP contribution in [0.2, 0.25) is 0 Å². The Kier molecular flexibility index (Phi) is 4.43. The van der Waals surface area contributed by atoms with Crippen LogP contribution in [0.1, 0.15) is 28.9 Å². The summed E-state index contributed by atoms with van der Waals surface area (Å²) in [5, 5.41) is 0. The van der Waals surface area contributed by atoms with Crippen molar-refractivity contribution in [2.24, 2.45) is 0 Å². The number of hydrogen-bond acceptors (Lipinski definition) is 3. The van der Waals surface area contributed by atoms with Crippen molar-refractivity contribution in [3.8, 4) is 0 Å². The van der Waals surface area contributed by atoms with Gasteiger partial charge in [0.05, 0.1) is 13.5 Å². The summed E-state index contributed by atoms with van der Waals surface area (Å²) in [6.45, 7) is 1.09. The predicted molar refractivity (Wildman–Crippen MR) is 54.7 cm³/mol. The number of alkyl halides is 5. The smallest absolute Gasteiger partial charge is 0.433 e. The number of aryl methyl sites for hydroxylation is 1. The summed E-state index contributed by atoms with van der Waals surface area (Å²) >= 11 is 0. The minimum absolute atomic E-state index is 0.271. The average molecular weight is 283 g/mol. The molecule has 0 aliphatic heterocycles. The second-order valence-electron chi connectivity index (χ2n) is 3.75. The lowest BCUT2D eigenvalue weighted by Crippen LogP contribution is -2.16. The van der Waals surface area contributed by atoms with E-state index in [1.165, 1.54) is 0 Å². The molecule has 0 spiro atoms. The van der Waals surface area contributed by atoms with Gasteiger partial charge in [0.25, 0.3) is 6.43 Å². The molecule has 0 aliphatic rings. The number of halogens is 5. The van der Waals surface area contributed by atoms with Crippen molar-refractivity contribution in [2.45, 2.75) is 25.9 Å². The molecule has 0 bridgehead atoms. The van der Waals surface area contributed by atoms with Gasteiger partial charge in [0.2, 0.25) is 0 Å². The molecule has 0 saturated heterocycles. The summed E-state index contributed by atoms with van der Waals surface area (Å²) in [6.07, 6.45) is -8.58. The van der Waals surface area contributed by atoms with Gasteiger partial charge in [-0.25, -0.2) is 13.8 Å². The van der Waals surface area contributed by atoms with E-state index < -0.39 is 36.4 Å². The van der Waals surface area contributed by atoms with Crippen molar-refractivity contribution in [3.05, 3.63) is 28.6 Å². The first kappa shape index (κ1) is 15.3. The molecule has 0 fully saturated rings. The van der Waals surface area contributed by atoms with Crippen LogP contribution in [-0.4, -0.2) is 18.1 Å². The highest BCUT2D eigenvalue weighted by Crippen LogP contribution is 2.33. The van der Waals surface area contributed by atoms with Crippen LogP contribution >= 0.6 is 0 Å². The Balaban J connectivity index is 3.33. The highest BCUT2D eigenvalue weighted by molar-refractivity contribution is 5.72. The Labute approximate surface area is 105 Å². The molecular weight excluding hydrogens is 273 g/mol. The SMILES string of the molecule is COC(=O)Cc1cc(C)c(C(F)(F)F)nc1C(F)F. The highest BCUT2D eigenvalue weighted by Gasteiger charge is 2.36. The summed E-state index contributed by atoms with van der Waals surface area (Å²) < 4.78 is 67.4. The maximum absolute atomic E-state index is 12.7. The molecule has 3 nitrogen and oxygen atoms in total. The largest absolute Gasteiger partial charge is 0.469 e. The molecule has 0 aliphatic carbocycles. The third-order valence-corrected chi connectivity index (χ3v) is 2.36. The molecule has 0 saturated carbocycles. The molecule has 0 aromatic carbocycles. The van der Waals surface area contributed by atoms with Crippen molar-refractivity contribution in [3.63, 3.8) is 0 Å².